The van der Waals surface area contributed by atoms with Gasteiger partial charge in [0.1, 0.15) is 11.5 Å². The molecule has 2 atom stereocenters. The van der Waals surface area contributed by atoms with Crippen LogP contribution in [0.15, 0.2) is 53.5 Å². The van der Waals surface area contributed by atoms with E-state index in [4.69, 9.17) is 0 Å². The lowest BCUT2D eigenvalue weighted by Gasteiger charge is -2.49. The maximum atomic E-state index is 13.9. The average molecular weight is 460 g/mol. The summed E-state index contributed by atoms with van der Waals surface area (Å²) in [5, 5.41) is 2.39. The molecule has 0 saturated carbocycles. The summed E-state index contributed by atoms with van der Waals surface area (Å²) in [5.74, 6) is -0.813. The van der Waals surface area contributed by atoms with Crippen LogP contribution in [0.4, 0.5) is 10.6 Å². The van der Waals surface area contributed by atoms with Gasteiger partial charge in [0.25, 0.3) is 5.56 Å². The Morgan fingerprint density at radius 3 is 2.53 bits per heavy atom. The SMILES string of the molecule is CCN1c2nc3ccccn3c(=O)c2C[C@]2(C(=O)NC(=O)N(Cc3ccc(C)cc3)C2=O)[C@H]1C. The first-order valence-electron chi connectivity index (χ1n) is 11.3. The van der Waals surface area contributed by atoms with Gasteiger partial charge in [-0.05, 0) is 38.5 Å². The minimum Gasteiger partial charge on any atom is -0.352 e. The number of carbonyl (C=O) groups excluding carboxylic acids is 3. The predicted octanol–water partition coefficient (Wildman–Crippen LogP) is 2.04. The Kier molecular flexibility index (Phi) is 5.00. The van der Waals surface area contributed by atoms with Crippen molar-refractivity contribution in [1.82, 2.24) is 19.6 Å². The highest BCUT2D eigenvalue weighted by molar-refractivity contribution is 6.20. The van der Waals surface area contributed by atoms with Crippen molar-refractivity contribution < 1.29 is 14.4 Å². The van der Waals surface area contributed by atoms with E-state index in [-0.39, 0.29) is 24.1 Å². The minimum atomic E-state index is -1.63. The Balaban J connectivity index is 1.64. The first kappa shape index (κ1) is 21.8. The lowest BCUT2D eigenvalue weighted by molar-refractivity contribution is -0.153. The zero-order valence-electron chi connectivity index (χ0n) is 19.2. The molecule has 9 heteroatoms. The molecule has 1 N–H and O–H groups in total. The number of pyridine rings is 1. The Morgan fingerprint density at radius 1 is 1.09 bits per heavy atom. The third-order valence-electron chi connectivity index (χ3n) is 7.01. The summed E-state index contributed by atoms with van der Waals surface area (Å²) in [5.41, 5.74) is 0.641. The fourth-order valence-corrected chi connectivity index (χ4v) is 5.06. The summed E-state index contributed by atoms with van der Waals surface area (Å²) in [6.45, 7) is 6.07. The zero-order chi connectivity index (χ0) is 24.2. The number of barbiturate groups is 1. The van der Waals surface area contributed by atoms with E-state index in [9.17, 15) is 19.2 Å². The quantitative estimate of drug-likeness (QED) is 0.601. The maximum Gasteiger partial charge on any atom is 0.331 e. The van der Waals surface area contributed by atoms with Gasteiger partial charge in [0, 0.05) is 19.2 Å². The van der Waals surface area contributed by atoms with E-state index in [1.54, 1.807) is 31.3 Å². The molecular weight excluding hydrogens is 434 g/mol. The monoisotopic (exact) mass is 459 g/mol. The first-order chi connectivity index (χ1) is 16.3. The van der Waals surface area contributed by atoms with E-state index in [1.807, 2.05) is 43.0 Å². The molecule has 4 heterocycles. The van der Waals surface area contributed by atoms with Gasteiger partial charge in [-0.15, -0.1) is 0 Å². The Labute approximate surface area is 196 Å². The standard InChI is InChI=1S/C25H25N5O4/c1-4-28-16(3)25(13-18-20(28)26-19-7-5-6-12-29(19)21(18)31)22(32)27-24(34)30(23(25)33)14-17-10-8-15(2)9-11-17/h5-12,16H,4,13-14H2,1-3H3,(H,27,32,34)/t16-,25-/m1/s1. The van der Waals surface area contributed by atoms with Gasteiger partial charge in [-0.2, -0.15) is 0 Å². The molecule has 0 unspecified atom stereocenters. The van der Waals surface area contributed by atoms with Crippen LogP contribution < -0.4 is 15.8 Å². The number of aromatic nitrogens is 2. The third kappa shape index (κ3) is 3.03. The highest BCUT2D eigenvalue weighted by Gasteiger charge is 2.61. The topological polar surface area (TPSA) is 104 Å². The molecule has 5 rings (SSSR count). The summed E-state index contributed by atoms with van der Waals surface area (Å²) < 4.78 is 1.41. The molecule has 0 bridgehead atoms. The second kappa shape index (κ2) is 7.79. The van der Waals surface area contributed by atoms with Crippen LogP contribution in [0.1, 0.15) is 30.5 Å². The van der Waals surface area contributed by atoms with Crippen LogP contribution in [0, 0.1) is 12.3 Å². The summed E-state index contributed by atoms with van der Waals surface area (Å²) in [7, 11) is 0. The smallest absolute Gasteiger partial charge is 0.331 e. The molecular formula is C25H25N5O4. The minimum absolute atomic E-state index is 0.0284. The van der Waals surface area contributed by atoms with Crippen LogP contribution in [-0.2, 0) is 22.6 Å². The van der Waals surface area contributed by atoms with Gasteiger partial charge in [-0.1, -0.05) is 35.9 Å². The van der Waals surface area contributed by atoms with Crippen molar-refractivity contribution in [2.75, 3.05) is 11.4 Å². The maximum absolute atomic E-state index is 13.9. The summed E-state index contributed by atoms with van der Waals surface area (Å²) in [4.78, 5) is 61.0. The van der Waals surface area contributed by atoms with Crippen molar-refractivity contribution in [2.24, 2.45) is 5.41 Å². The summed E-state index contributed by atoms with van der Waals surface area (Å²) in [6.07, 6.45) is 1.48. The number of rotatable bonds is 3. The molecule has 1 spiro atoms. The molecule has 0 radical (unpaired) electrons. The van der Waals surface area contributed by atoms with Gasteiger partial charge >= 0.3 is 6.03 Å². The molecule has 9 nitrogen and oxygen atoms in total. The molecule has 174 valence electrons. The predicted molar refractivity (Wildman–Crippen MR) is 125 cm³/mol. The number of amides is 4. The van der Waals surface area contributed by atoms with Crippen molar-refractivity contribution in [3.8, 4) is 0 Å². The number of anilines is 1. The van der Waals surface area contributed by atoms with Gasteiger partial charge in [0.2, 0.25) is 11.8 Å². The lowest BCUT2D eigenvalue weighted by Crippen LogP contribution is -2.71. The van der Waals surface area contributed by atoms with Crippen LogP contribution in [0.3, 0.4) is 0 Å². The molecule has 1 saturated heterocycles. The highest BCUT2D eigenvalue weighted by Crippen LogP contribution is 2.42. The Morgan fingerprint density at radius 2 is 1.82 bits per heavy atom. The van der Waals surface area contributed by atoms with E-state index < -0.39 is 29.3 Å². The second-order valence-electron chi connectivity index (χ2n) is 8.89. The number of hydrogen-bond donors (Lipinski definition) is 1. The number of urea groups is 1. The van der Waals surface area contributed by atoms with Gasteiger partial charge in [-0.3, -0.25) is 29.0 Å². The number of hydrogen-bond acceptors (Lipinski definition) is 6. The highest BCUT2D eigenvalue weighted by atomic mass is 16.2. The molecule has 0 aliphatic carbocycles. The first-order valence-corrected chi connectivity index (χ1v) is 11.3. The normalized spacial score (nSPS) is 22.3. The van der Waals surface area contributed by atoms with Crippen LogP contribution in [0.5, 0.6) is 0 Å². The number of benzene rings is 1. The molecule has 3 aromatic rings. The molecule has 1 aromatic carbocycles. The molecule has 2 aromatic heterocycles. The van der Waals surface area contributed by atoms with Crippen LogP contribution in [-0.4, -0.2) is 44.7 Å². The number of fused-ring (bicyclic) bond motifs is 2. The Bertz CT molecular complexity index is 1400. The number of aryl methyl sites for hydroxylation is 1. The van der Waals surface area contributed by atoms with Crippen molar-refractivity contribution in [2.45, 2.75) is 39.8 Å². The fourth-order valence-electron chi connectivity index (χ4n) is 5.06. The average Bonchev–Trinajstić information content (AvgIpc) is 2.82. The molecule has 2 aliphatic rings. The van der Waals surface area contributed by atoms with Crippen molar-refractivity contribution in [3.05, 3.63) is 75.7 Å². The molecule has 1 fully saturated rings. The van der Waals surface area contributed by atoms with Gasteiger partial charge in [0.15, 0.2) is 5.41 Å². The van der Waals surface area contributed by atoms with Gasteiger partial charge in [0.05, 0.1) is 18.2 Å². The van der Waals surface area contributed by atoms with E-state index in [0.717, 1.165) is 16.0 Å². The van der Waals surface area contributed by atoms with Crippen molar-refractivity contribution >= 4 is 29.3 Å². The second-order valence-corrected chi connectivity index (χ2v) is 8.89. The largest absolute Gasteiger partial charge is 0.352 e. The van der Waals surface area contributed by atoms with E-state index in [0.29, 0.717) is 18.0 Å². The van der Waals surface area contributed by atoms with Crippen molar-refractivity contribution in [3.63, 3.8) is 0 Å². The zero-order valence-corrected chi connectivity index (χ0v) is 19.2. The number of carbonyl (C=O) groups is 3. The van der Waals surface area contributed by atoms with E-state index >= 15 is 0 Å². The van der Waals surface area contributed by atoms with Crippen molar-refractivity contribution in [1.29, 1.82) is 0 Å². The van der Waals surface area contributed by atoms with Crippen LogP contribution in [0.2, 0.25) is 0 Å². The number of nitrogens with zero attached hydrogens (tertiary/aromatic N) is 4. The third-order valence-corrected chi connectivity index (χ3v) is 7.01. The number of nitrogens with one attached hydrogen (secondary N) is 1. The molecule has 4 amide bonds. The molecule has 2 aliphatic heterocycles. The van der Waals surface area contributed by atoms with Gasteiger partial charge < -0.3 is 4.90 Å². The lowest BCUT2D eigenvalue weighted by atomic mass is 9.69. The van der Waals surface area contributed by atoms with Crippen LogP contribution in [0.25, 0.3) is 5.65 Å². The Hall–Kier alpha value is -4.01. The van der Waals surface area contributed by atoms with E-state index in [2.05, 4.69) is 10.3 Å². The van der Waals surface area contributed by atoms with E-state index in [1.165, 1.54) is 4.40 Å². The van der Waals surface area contributed by atoms with Crippen LogP contribution >= 0.6 is 0 Å². The summed E-state index contributed by atoms with van der Waals surface area (Å²) in [6, 6.07) is 11.4. The fraction of sp³-hybridized carbons (Fsp3) is 0.320. The summed E-state index contributed by atoms with van der Waals surface area (Å²) >= 11 is 0. The number of imide groups is 2. The molecule has 34 heavy (non-hydrogen) atoms. The van der Waals surface area contributed by atoms with Gasteiger partial charge in [-0.25, -0.2) is 9.78 Å².